The molecule has 2 aromatic heterocycles. The molecule has 1 aliphatic rings. The Hall–Kier alpha value is -1.69. The second kappa shape index (κ2) is 6.83. The summed E-state index contributed by atoms with van der Waals surface area (Å²) in [4.78, 5) is 31.2. The SMILES string of the molecule is Cc1sc2ncc(C(=O)NC3CCCCCCC3)c(=O)n2c1C. The lowest BCUT2D eigenvalue weighted by Gasteiger charge is -2.20. The van der Waals surface area contributed by atoms with Crippen molar-refractivity contribution in [3.63, 3.8) is 0 Å². The summed E-state index contributed by atoms with van der Waals surface area (Å²) in [5.41, 5.74) is 0.744. The van der Waals surface area contributed by atoms with Gasteiger partial charge >= 0.3 is 0 Å². The van der Waals surface area contributed by atoms with Crippen LogP contribution in [0.25, 0.3) is 4.96 Å². The van der Waals surface area contributed by atoms with E-state index in [1.165, 1.54) is 36.8 Å². The Labute approximate surface area is 139 Å². The number of carbonyl (C=O) groups is 1. The van der Waals surface area contributed by atoms with E-state index in [-0.39, 0.29) is 23.1 Å². The van der Waals surface area contributed by atoms with Gasteiger partial charge in [-0.25, -0.2) is 4.98 Å². The van der Waals surface area contributed by atoms with E-state index in [0.29, 0.717) is 4.96 Å². The van der Waals surface area contributed by atoms with Gasteiger partial charge < -0.3 is 5.32 Å². The number of carbonyl (C=O) groups excluding carboxylic acids is 1. The molecule has 1 fully saturated rings. The lowest BCUT2D eigenvalue weighted by molar-refractivity contribution is 0.0928. The van der Waals surface area contributed by atoms with Crippen molar-refractivity contribution in [1.29, 1.82) is 0 Å². The van der Waals surface area contributed by atoms with Crippen LogP contribution >= 0.6 is 11.3 Å². The third-order valence-corrected chi connectivity index (χ3v) is 5.78. The fourth-order valence-corrected chi connectivity index (χ4v) is 4.12. The van der Waals surface area contributed by atoms with Gasteiger partial charge in [0.1, 0.15) is 5.56 Å². The highest BCUT2D eigenvalue weighted by Gasteiger charge is 2.20. The molecule has 1 aliphatic carbocycles. The molecule has 2 aromatic rings. The summed E-state index contributed by atoms with van der Waals surface area (Å²) in [6.45, 7) is 3.85. The number of hydrogen-bond acceptors (Lipinski definition) is 4. The molecule has 2 heterocycles. The minimum atomic E-state index is -0.286. The van der Waals surface area contributed by atoms with E-state index in [4.69, 9.17) is 0 Å². The lowest BCUT2D eigenvalue weighted by atomic mass is 9.96. The van der Waals surface area contributed by atoms with Crippen LogP contribution in [0.1, 0.15) is 65.9 Å². The zero-order valence-corrected chi connectivity index (χ0v) is 14.5. The van der Waals surface area contributed by atoms with Gasteiger partial charge in [0.25, 0.3) is 11.5 Å². The number of thiazole rings is 1. The normalized spacial score (nSPS) is 17.0. The standard InChI is InChI=1S/C17H23N3O2S/c1-11-12(2)23-17-18-10-14(16(22)20(11)17)15(21)19-13-8-6-4-3-5-7-9-13/h10,13H,3-9H2,1-2H3,(H,19,21). The summed E-state index contributed by atoms with van der Waals surface area (Å²) in [6, 6.07) is 0.174. The van der Waals surface area contributed by atoms with Crippen molar-refractivity contribution >= 4 is 22.2 Å². The van der Waals surface area contributed by atoms with Crippen molar-refractivity contribution in [3.8, 4) is 0 Å². The average Bonchev–Trinajstić information content (AvgIpc) is 2.78. The van der Waals surface area contributed by atoms with E-state index < -0.39 is 0 Å². The highest BCUT2D eigenvalue weighted by Crippen LogP contribution is 2.19. The quantitative estimate of drug-likeness (QED) is 0.918. The van der Waals surface area contributed by atoms with Gasteiger partial charge in [0.2, 0.25) is 0 Å². The van der Waals surface area contributed by atoms with E-state index in [2.05, 4.69) is 10.3 Å². The Morgan fingerprint density at radius 3 is 2.57 bits per heavy atom. The van der Waals surface area contributed by atoms with E-state index in [0.717, 1.165) is 36.3 Å². The number of aryl methyl sites for hydroxylation is 2. The Bertz CT molecular complexity index is 770. The van der Waals surface area contributed by atoms with Crippen molar-refractivity contribution in [3.05, 3.63) is 32.7 Å². The second-order valence-electron chi connectivity index (χ2n) is 6.35. The Morgan fingerprint density at radius 2 is 1.87 bits per heavy atom. The molecular formula is C17H23N3O2S. The van der Waals surface area contributed by atoms with E-state index in [1.807, 2.05) is 13.8 Å². The Kier molecular flexibility index (Phi) is 4.80. The Morgan fingerprint density at radius 1 is 1.22 bits per heavy atom. The highest BCUT2D eigenvalue weighted by molar-refractivity contribution is 7.17. The number of aromatic nitrogens is 2. The Balaban J connectivity index is 1.84. The topological polar surface area (TPSA) is 63.5 Å². The molecule has 0 saturated heterocycles. The summed E-state index contributed by atoms with van der Waals surface area (Å²) in [7, 11) is 0. The first kappa shape index (κ1) is 16.2. The molecule has 0 aromatic carbocycles. The number of nitrogens with zero attached hydrogens (tertiary/aromatic N) is 2. The minimum Gasteiger partial charge on any atom is -0.349 e. The van der Waals surface area contributed by atoms with Gasteiger partial charge in [0.05, 0.1) is 0 Å². The van der Waals surface area contributed by atoms with Crippen LogP contribution in [0.4, 0.5) is 0 Å². The molecule has 5 nitrogen and oxygen atoms in total. The maximum atomic E-state index is 12.6. The molecule has 0 radical (unpaired) electrons. The maximum absolute atomic E-state index is 12.6. The summed E-state index contributed by atoms with van der Waals surface area (Å²) >= 11 is 1.47. The van der Waals surface area contributed by atoms with Crippen molar-refractivity contribution in [2.24, 2.45) is 0 Å². The lowest BCUT2D eigenvalue weighted by Crippen LogP contribution is -2.38. The molecule has 1 saturated carbocycles. The third-order valence-electron chi connectivity index (χ3n) is 4.70. The van der Waals surface area contributed by atoms with Gasteiger partial charge in [-0.3, -0.25) is 14.0 Å². The minimum absolute atomic E-state index is 0.144. The zero-order valence-electron chi connectivity index (χ0n) is 13.7. The summed E-state index contributed by atoms with van der Waals surface area (Å²) < 4.78 is 1.55. The average molecular weight is 333 g/mol. The fourth-order valence-electron chi connectivity index (χ4n) is 3.20. The van der Waals surface area contributed by atoms with Gasteiger partial charge in [-0.05, 0) is 26.7 Å². The molecule has 0 atom stereocenters. The van der Waals surface area contributed by atoms with Gasteiger partial charge in [-0.1, -0.05) is 32.1 Å². The number of hydrogen-bond donors (Lipinski definition) is 1. The van der Waals surface area contributed by atoms with Crippen molar-refractivity contribution in [2.45, 2.75) is 64.8 Å². The maximum Gasteiger partial charge on any atom is 0.271 e. The molecule has 1 amide bonds. The first-order valence-electron chi connectivity index (χ1n) is 8.36. The molecule has 0 unspecified atom stereocenters. The predicted molar refractivity (Wildman–Crippen MR) is 92.4 cm³/mol. The van der Waals surface area contributed by atoms with Crippen LogP contribution in [0.5, 0.6) is 0 Å². The molecule has 0 aliphatic heterocycles. The number of amides is 1. The van der Waals surface area contributed by atoms with Crippen molar-refractivity contribution < 1.29 is 4.79 Å². The van der Waals surface area contributed by atoms with Crippen LogP contribution < -0.4 is 10.9 Å². The molecular weight excluding hydrogens is 310 g/mol. The van der Waals surface area contributed by atoms with Crippen LogP contribution in [0.2, 0.25) is 0 Å². The van der Waals surface area contributed by atoms with Crippen LogP contribution in [-0.4, -0.2) is 21.3 Å². The van der Waals surface area contributed by atoms with Crippen LogP contribution in [0.15, 0.2) is 11.0 Å². The molecule has 6 heteroatoms. The van der Waals surface area contributed by atoms with E-state index in [9.17, 15) is 9.59 Å². The van der Waals surface area contributed by atoms with E-state index in [1.54, 1.807) is 4.40 Å². The number of rotatable bonds is 2. The van der Waals surface area contributed by atoms with Crippen LogP contribution in [0, 0.1) is 13.8 Å². The third kappa shape index (κ3) is 3.32. The summed E-state index contributed by atoms with van der Waals surface area (Å²) in [5, 5.41) is 3.05. The smallest absolute Gasteiger partial charge is 0.271 e. The van der Waals surface area contributed by atoms with E-state index >= 15 is 0 Å². The molecule has 23 heavy (non-hydrogen) atoms. The predicted octanol–water partition coefficient (Wildman–Crippen LogP) is 3.22. The highest BCUT2D eigenvalue weighted by atomic mass is 32.1. The molecule has 3 rings (SSSR count). The molecule has 0 bridgehead atoms. The first-order chi connectivity index (χ1) is 11.1. The zero-order chi connectivity index (χ0) is 16.4. The monoisotopic (exact) mass is 333 g/mol. The van der Waals surface area contributed by atoms with Gasteiger partial charge in [-0.15, -0.1) is 11.3 Å². The van der Waals surface area contributed by atoms with Gasteiger partial charge in [0.15, 0.2) is 4.96 Å². The largest absolute Gasteiger partial charge is 0.349 e. The van der Waals surface area contributed by atoms with Crippen molar-refractivity contribution in [1.82, 2.24) is 14.7 Å². The molecule has 124 valence electrons. The number of fused-ring (bicyclic) bond motifs is 1. The molecule has 1 N–H and O–H groups in total. The fraction of sp³-hybridized carbons (Fsp3) is 0.588. The van der Waals surface area contributed by atoms with Crippen LogP contribution in [0.3, 0.4) is 0 Å². The molecule has 0 spiro atoms. The first-order valence-corrected chi connectivity index (χ1v) is 9.18. The van der Waals surface area contributed by atoms with Gasteiger partial charge in [-0.2, -0.15) is 0 Å². The van der Waals surface area contributed by atoms with Gasteiger partial charge in [0, 0.05) is 22.8 Å². The number of nitrogens with one attached hydrogen (secondary N) is 1. The summed E-state index contributed by atoms with van der Waals surface area (Å²) in [5.74, 6) is -0.286. The van der Waals surface area contributed by atoms with Crippen LogP contribution in [-0.2, 0) is 0 Å². The summed E-state index contributed by atoms with van der Waals surface area (Å²) in [6.07, 6.45) is 9.46. The second-order valence-corrected chi connectivity index (χ2v) is 7.54. The van der Waals surface area contributed by atoms with Crippen molar-refractivity contribution in [2.75, 3.05) is 0 Å².